The molecule has 0 saturated heterocycles. The number of hydrogen-bond acceptors (Lipinski definition) is 0. The minimum Gasteiger partial charge on any atom is -0.361 e. The van der Waals surface area contributed by atoms with Gasteiger partial charge in [-0.25, -0.2) is 0 Å². The Hall–Kier alpha value is -1.73. The van der Waals surface area contributed by atoms with Crippen LogP contribution in [0.2, 0.25) is 5.02 Å². The Balaban J connectivity index is 2.13. The number of fused-ring (bicyclic) bond motifs is 1. The van der Waals surface area contributed by atoms with E-state index in [1.807, 2.05) is 6.20 Å². The van der Waals surface area contributed by atoms with Crippen molar-refractivity contribution in [2.24, 2.45) is 0 Å². The summed E-state index contributed by atoms with van der Waals surface area (Å²) in [7, 11) is 0. The Morgan fingerprint density at radius 2 is 1.94 bits per heavy atom. The predicted octanol–water partition coefficient (Wildman–Crippen LogP) is 5.05. The molecule has 0 amide bonds. The smallest absolute Gasteiger partial charge is 0.0487 e. The van der Waals surface area contributed by atoms with Crippen LogP contribution in [-0.4, -0.2) is 4.98 Å². The van der Waals surface area contributed by atoms with Crippen molar-refractivity contribution < 1.29 is 0 Å². The average Bonchev–Trinajstić information content (AvgIpc) is 2.85. The molecular formula is C16H14ClN. The van der Waals surface area contributed by atoms with Crippen LogP contribution in [0.15, 0.2) is 48.7 Å². The molecule has 0 aliphatic heterocycles. The highest BCUT2D eigenvalue weighted by Crippen LogP contribution is 2.30. The lowest BCUT2D eigenvalue weighted by Gasteiger charge is -2.07. The molecule has 1 heterocycles. The normalized spacial score (nSPS) is 11.0. The fourth-order valence-corrected chi connectivity index (χ4v) is 2.55. The Bertz CT molecular complexity index is 697. The summed E-state index contributed by atoms with van der Waals surface area (Å²) in [6.07, 6.45) is 2.97. The minimum absolute atomic E-state index is 0.823. The molecular weight excluding hydrogens is 242 g/mol. The molecule has 3 aromatic rings. The first-order valence-corrected chi connectivity index (χ1v) is 6.51. The molecule has 0 saturated carbocycles. The lowest BCUT2D eigenvalue weighted by atomic mass is 10.0. The lowest BCUT2D eigenvalue weighted by molar-refractivity contribution is 1.14. The van der Waals surface area contributed by atoms with Gasteiger partial charge in [0, 0.05) is 22.3 Å². The molecule has 0 aliphatic carbocycles. The molecule has 1 N–H and O–H groups in total. The third-order valence-electron chi connectivity index (χ3n) is 3.31. The SMILES string of the molecule is CCc1ccc(-c2ccc3[nH]ccc3c2)c(Cl)c1. The number of nitrogens with one attached hydrogen (secondary N) is 1. The van der Waals surface area contributed by atoms with Crippen molar-refractivity contribution in [3.63, 3.8) is 0 Å². The van der Waals surface area contributed by atoms with E-state index in [1.165, 1.54) is 10.9 Å². The standard InChI is InChI=1S/C16H14ClN/c1-2-11-3-5-14(15(17)9-11)12-4-6-16-13(10-12)7-8-18-16/h3-10,18H,2H2,1H3. The van der Waals surface area contributed by atoms with Gasteiger partial charge in [-0.2, -0.15) is 0 Å². The molecule has 2 heteroatoms. The summed E-state index contributed by atoms with van der Waals surface area (Å²) in [6.45, 7) is 2.14. The fraction of sp³-hybridized carbons (Fsp3) is 0.125. The van der Waals surface area contributed by atoms with E-state index in [-0.39, 0.29) is 0 Å². The van der Waals surface area contributed by atoms with Crippen LogP contribution in [0.1, 0.15) is 12.5 Å². The van der Waals surface area contributed by atoms with Crippen molar-refractivity contribution in [2.75, 3.05) is 0 Å². The van der Waals surface area contributed by atoms with E-state index in [1.54, 1.807) is 0 Å². The number of rotatable bonds is 2. The molecule has 90 valence electrons. The average molecular weight is 256 g/mol. The van der Waals surface area contributed by atoms with E-state index in [0.29, 0.717) is 0 Å². The zero-order valence-electron chi connectivity index (χ0n) is 10.2. The van der Waals surface area contributed by atoms with Crippen molar-refractivity contribution in [3.8, 4) is 11.1 Å². The Morgan fingerprint density at radius 1 is 1.06 bits per heavy atom. The summed E-state index contributed by atoms with van der Waals surface area (Å²) in [5, 5.41) is 2.03. The molecule has 2 aromatic carbocycles. The van der Waals surface area contributed by atoms with Gasteiger partial charge in [-0.1, -0.05) is 36.7 Å². The number of hydrogen-bond donors (Lipinski definition) is 1. The van der Waals surface area contributed by atoms with Crippen molar-refractivity contribution in [1.82, 2.24) is 4.98 Å². The second kappa shape index (κ2) is 4.51. The first-order valence-electron chi connectivity index (χ1n) is 6.14. The number of aromatic amines is 1. The minimum atomic E-state index is 0.823. The molecule has 0 aliphatic rings. The number of aromatic nitrogens is 1. The van der Waals surface area contributed by atoms with Gasteiger partial charge in [-0.05, 0) is 47.2 Å². The summed E-state index contributed by atoms with van der Waals surface area (Å²) in [6, 6.07) is 14.7. The molecule has 1 aromatic heterocycles. The molecule has 0 radical (unpaired) electrons. The van der Waals surface area contributed by atoms with Gasteiger partial charge >= 0.3 is 0 Å². The van der Waals surface area contributed by atoms with E-state index in [4.69, 9.17) is 11.6 Å². The Kier molecular flexibility index (Phi) is 2.85. The molecule has 1 nitrogen and oxygen atoms in total. The van der Waals surface area contributed by atoms with Crippen LogP contribution in [0.3, 0.4) is 0 Å². The Morgan fingerprint density at radius 3 is 2.72 bits per heavy atom. The van der Waals surface area contributed by atoms with Crippen LogP contribution in [0.4, 0.5) is 0 Å². The van der Waals surface area contributed by atoms with Gasteiger partial charge < -0.3 is 4.98 Å². The van der Waals surface area contributed by atoms with Gasteiger partial charge in [0.2, 0.25) is 0 Å². The van der Waals surface area contributed by atoms with Crippen molar-refractivity contribution >= 4 is 22.5 Å². The monoisotopic (exact) mass is 255 g/mol. The molecule has 0 atom stereocenters. The Labute approximate surface area is 111 Å². The van der Waals surface area contributed by atoms with Crippen LogP contribution in [0.25, 0.3) is 22.0 Å². The van der Waals surface area contributed by atoms with Crippen LogP contribution < -0.4 is 0 Å². The maximum Gasteiger partial charge on any atom is 0.0487 e. The molecule has 3 rings (SSSR count). The first-order chi connectivity index (χ1) is 8.78. The van der Waals surface area contributed by atoms with Crippen molar-refractivity contribution in [2.45, 2.75) is 13.3 Å². The van der Waals surface area contributed by atoms with Crippen molar-refractivity contribution in [1.29, 1.82) is 0 Å². The summed E-state index contributed by atoms with van der Waals surface area (Å²) in [4.78, 5) is 3.20. The molecule has 0 fully saturated rings. The van der Waals surface area contributed by atoms with Gasteiger partial charge in [0.1, 0.15) is 0 Å². The quantitative estimate of drug-likeness (QED) is 0.659. The fourth-order valence-electron chi connectivity index (χ4n) is 2.23. The van der Waals surface area contributed by atoms with Gasteiger partial charge in [0.05, 0.1) is 0 Å². The van der Waals surface area contributed by atoms with E-state index in [2.05, 4.69) is 54.4 Å². The molecule has 18 heavy (non-hydrogen) atoms. The van der Waals surface area contributed by atoms with Crippen LogP contribution in [0, 0.1) is 0 Å². The summed E-state index contributed by atoms with van der Waals surface area (Å²) < 4.78 is 0. The third kappa shape index (κ3) is 1.91. The highest BCUT2D eigenvalue weighted by atomic mass is 35.5. The van der Waals surface area contributed by atoms with Gasteiger partial charge in [0.25, 0.3) is 0 Å². The van der Waals surface area contributed by atoms with Gasteiger partial charge in [-0.15, -0.1) is 0 Å². The second-order valence-corrected chi connectivity index (χ2v) is 4.85. The number of H-pyrrole nitrogens is 1. The van der Waals surface area contributed by atoms with E-state index in [0.717, 1.165) is 28.1 Å². The molecule has 0 spiro atoms. The topological polar surface area (TPSA) is 15.8 Å². The zero-order chi connectivity index (χ0) is 12.5. The van der Waals surface area contributed by atoms with Gasteiger partial charge in [0.15, 0.2) is 0 Å². The predicted molar refractivity (Wildman–Crippen MR) is 78.1 cm³/mol. The van der Waals surface area contributed by atoms with E-state index >= 15 is 0 Å². The largest absolute Gasteiger partial charge is 0.361 e. The van der Waals surface area contributed by atoms with Crippen LogP contribution >= 0.6 is 11.6 Å². The number of benzene rings is 2. The summed E-state index contributed by atoms with van der Waals surface area (Å²) in [5.41, 5.74) is 4.68. The number of aryl methyl sites for hydroxylation is 1. The van der Waals surface area contributed by atoms with Crippen LogP contribution in [0.5, 0.6) is 0 Å². The highest BCUT2D eigenvalue weighted by molar-refractivity contribution is 6.33. The summed E-state index contributed by atoms with van der Waals surface area (Å²) in [5.74, 6) is 0. The highest BCUT2D eigenvalue weighted by Gasteiger charge is 2.05. The third-order valence-corrected chi connectivity index (χ3v) is 3.62. The van der Waals surface area contributed by atoms with E-state index in [9.17, 15) is 0 Å². The maximum absolute atomic E-state index is 6.36. The molecule has 0 unspecified atom stereocenters. The van der Waals surface area contributed by atoms with Crippen molar-refractivity contribution in [3.05, 3.63) is 59.2 Å². The number of halogens is 1. The lowest BCUT2D eigenvalue weighted by Crippen LogP contribution is -1.84. The first kappa shape index (κ1) is 11.4. The summed E-state index contributed by atoms with van der Waals surface area (Å²) >= 11 is 6.36. The molecule has 0 bridgehead atoms. The maximum atomic E-state index is 6.36. The second-order valence-electron chi connectivity index (χ2n) is 4.45. The van der Waals surface area contributed by atoms with Gasteiger partial charge in [-0.3, -0.25) is 0 Å². The van der Waals surface area contributed by atoms with E-state index < -0.39 is 0 Å². The zero-order valence-corrected chi connectivity index (χ0v) is 11.0. The van der Waals surface area contributed by atoms with Crippen LogP contribution in [-0.2, 0) is 6.42 Å².